The average molecular weight is 402 g/mol. The minimum Gasteiger partial charge on any atom is -0.463 e. The highest BCUT2D eigenvalue weighted by Gasteiger charge is 2.18. The van der Waals surface area contributed by atoms with E-state index in [2.05, 4.69) is 13.2 Å². The number of fused-ring (bicyclic) bond motifs is 3. The van der Waals surface area contributed by atoms with E-state index in [1.807, 2.05) is 0 Å². The van der Waals surface area contributed by atoms with E-state index in [0.29, 0.717) is 33.9 Å². The second-order valence-electron chi connectivity index (χ2n) is 5.87. The van der Waals surface area contributed by atoms with Crippen LogP contribution in [0.25, 0.3) is 20.2 Å². The fourth-order valence-electron chi connectivity index (χ4n) is 2.78. The van der Waals surface area contributed by atoms with Gasteiger partial charge in [-0.3, -0.25) is 0 Å². The third kappa shape index (κ3) is 3.80. The largest absolute Gasteiger partial charge is 0.463 e. The molecule has 4 nitrogen and oxygen atoms in total. The van der Waals surface area contributed by atoms with Crippen molar-refractivity contribution in [3.63, 3.8) is 0 Å². The molecule has 0 bridgehead atoms. The zero-order valence-corrected chi connectivity index (χ0v) is 15.6. The molecule has 0 unspecified atom stereocenters. The topological polar surface area (TPSA) is 52.6 Å². The maximum Gasteiger partial charge on any atom is 0.335 e. The van der Waals surface area contributed by atoms with Gasteiger partial charge in [-0.25, -0.2) is 18.4 Å². The quantitative estimate of drug-likeness (QED) is 0.239. The van der Waals surface area contributed by atoms with Gasteiger partial charge in [0.05, 0.1) is 16.0 Å². The van der Waals surface area contributed by atoms with Crippen LogP contribution in [0.5, 0.6) is 5.75 Å². The number of rotatable bonds is 7. The molecule has 28 heavy (non-hydrogen) atoms. The van der Waals surface area contributed by atoms with Gasteiger partial charge in [-0.15, -0.1) is 11.3 Å². The van der Waals surface area contributed by atoms with E-state index in [-0.39, 0.29) is 17.1 Å². The van der Waals surface area contributed by atoms with Gasteiger partial charge in [-0.2, -0.15) is 0 Å². The fraction of sp³-hybridized carbons (Fsp3) is 0.143. The molecule has 0 aliphatic heterocycles. The zero-order chi connectivity index (χ0) is 20.3. The van der Waals surface area contributed by atoms with Gasteiger partial charge in [0, 0.05) is 22.9 Å². The third-order valence-electron chi connectivity index (χ3n) is 4.11. The number of thiophene rings is 1. The molecule has 0 amide bonds. The lowest BCUT2D eigenvalue weighted by molar-refractivity contribution is -0.137. The van der Waals surface area contributed by atoms with E-state index in [9.17, 15) is 18.4 Å². The number of benzene rings is 2. The number of carbonyl (C=O) groups is 2. The molecule has 0 radical (unpaired) electrons. The smallest absolute Gasteiger partial charge is 0.335 e. The summed E-state index contributed by atoms with van der Waals surface area (Å²) < 4.78 is 39.9. The van der Waals surface area contributed by atoms with E-state index < -0.39 is 23.6 Å². The Morgan fingerprint density at radius 2 is 1.61 bits per heavy atom. The van der Waals surface area contributed by atoms with Crippen molar-refractivity contribution in [2.45, 2.75) is 12.8 Å². The molecule has 1 aromatic heterocycles. The van der Waals surface area contributed by atoms with Crippen molar-refractivity contribution in [1.29, 1.82) is 0 Å². The van der Waals surface area contributed by atoms with Crippen molar-refractivity contribution in [3.8, 4) is 5.75 Å². The molecule has 0 atom stereocenters. The number of carbonyl (C=O) groups excluding carboxylic acids is 2. The maximum absolute atomic E-state index is 14.9. The van der Waals surface area contributed by atoms with E-state index in [1.54, 1.807) is 18.2 Å². The molecule has 7 heteroatoms. The van der Waals surface area contributed by atoms with Crippen LogP contribution in [0.4, 0.5) is 8.78 Å². The summed E-state index contributed by atoms with van der Waals surface area (Å²) in [5.74, 6) is -2.67. The highest BCUT2D eigenvalue weighted by Crippen LogP contribution is 2.40. The first-order valence-corrected chi connectivity index (χ1v) is 9.23. The second-order valence-corrected chi connectivity index (χ2v) is 6.89. The Kier molecular flexibility index (Phi) is 5.84. The van der Waals surface area contributed by atoms with E-state index >= 15 is 0 Å². The van der Waals surface area contributed by atoms with Crippen molar-refractivity contribution >= 4 is 43.4 Å². The number of hydrogen-bond acceptors (Lipinski definition) is 5. The van der Waals surface area contributed by atoms with Gasteiger partial charge >= 0.3 is 11.9 Å². The Labute approximate surface area is 163 Å². The SMILES string of the molecule is C=CC(=O)OCCCc1ccc2c(sc3c(F)c(OC(=O)C=C)ccc32)c1F. The molecule has 3 rings (SSSR count). The molecule has 0 spiro atoms. The molecule has 1 heterocycles. The van der Waals surface area contributed by atoms with E-state index in [0.717, 1.165) is 23.5 Å². The predicted molar refractivity (Wildman–Crippen MR) is 105 cm³/mol. The predicted octanol–water partition coefficient (Wildman–Crippen LogP) is 5.09. The lowest BCUT2D eigenvalue weighted by Crippen LogP contribution is -2.04. The monoisotopic (exact) mass is 402 g/mol. The van der Waals surface area contributed by atoms with Crippen molar-refractivity contribution in [2.24, 2.45) is 0 Å². The molecule has 144 valence electrons. The number of aryl methyl sites for hydroxylation is 1. The molecule has 0 aliphatic carbocycles. The van der Waals surface area contributed by atoms with Gasteiger partial charge in [0.2, 0.25) is 0 Å². The van der Waals surface area contributed by atoms with Crippen LogP contribution in [0.3, 0.4) is 0 Å². The summed E-state index contributed by atoms with van der Waals surface area (Å²) in [6.45, 7) is 6.73. The maximum atomic E-state index is 14.9. The van der Waals surface area contributed by atoms with Gasteiger partial charge < -0.3 is 9.47 Å². The highest BCUT2D eigenvalue weighted by atomic mass is 32.1. The molecule has 0 saturated heterocycles. The van der Waals surface area contributed by atoms with Crippen LogP contribution in [0.15, 0.2) is 49.6 Å². The first-order valence-electron chi connectivity index (χ1n) is 8.41. The highest BCUT2D eigenvalue weighted by molar-refractivity contribution is 7.25. The van der Waals surface area contributed by atoms with Crippen molar-refractivity contribution in [1.82, 2.24) is 0 Å². The Balaban J connectivity index is 1.91. The molecule has 0 aliphatic rings. The summed E-state index contributed by atoms with van der Waals surface area (Å²) in [6.07, 6.45) is 2.82. The number of esters is 2. The Morgan fingerprint density at radius 3 is 2.29 bits per heavy atom. The summed E-state index contributed by atoms with van der Waals surface area (Å²) in [4.78, 5) is 22.4. The van der Waals surface area contributed by atoms with Crippen LogP contribution in [0, 0.1) is 11.6 Å². The normalized spacial score (nSPS) is 10.8. The Hall–Kier alpha value is -3.06. The van der Waals surface area contributed by atoms with Crippen molar-refractivity contribution < 1.29 is 27.8 Å². The summed E-state index contributed by atoms with van der Waals surface area (Å²) in [6, 6.07) is 6.31. The fourth-order valence-corrected chi connectivity index (χ4v) is 3.97. The summed E-state index contributed by atoms with van der Waals surface area (Å²) in [7, 11) is 0. The number of ether oxygens (including phenoxy) is 2. The van der Waals surface area contributed by atoms with Crippen LogP contribution in [-0.2, 0) is 20.7 Å². The second kappa shape index (κ2) is 8.31. The Bertz CT molecular complexity index is 1100. The zero-order valence-electron chi connectivity index (χ0n) is 14.8. The van der Waals surface area contributed by atoms with Crippen molar-refractivity contribution in [3.05, 3.63) is 66.8 Å². The molecule has 3 aromatic rings. The average Bonchev–Trinajstić information content (AvgIpc) is 3.08. The third-order valence-corrected chi connectivity index (χ3v) is 5.32. The van der Waals surface area contributed by atoms with E-state index in [1.165, 1.54) is 6.07 Å². The van der Waals surface area contributed by atoms with Gasteiger partial charge in [-0.05, 0) is 30.5 Å². The van der Waals surface area contributed by atoms with Crippen LogP contribution >= 0.6 is 11.3 Å². The summed E-state index contributed by atoms with van der Waals surface area (Å²) >= 11 is 0.960. The summed E-state index contributed by atoms with van der Waals surface area (Å²) in [5, 5.41) is 1.13. The molecular formula is C21H16F2O4S. The van der Waals surface area contributed by atoms with Gasteiger partial charge in [0.15, 0.2) is 11.6 Å². The minimum atomic E-state index is -0.773. The first-order chi connectivity index (χ1) is 13.5. The van der Waals surface area contributed by atoms with Crippen LogP contribution < -0.4 is 4.74 Å². The molecule has 0 N–H and O–H groups in total. The molecule has 2 aromatic carbocycles. The van der Waals surface area contributed by atoms with Gasteiger partial charge in [0.1, 0.15) is 5.82 Å². The molecular weight excluding hydrogens is 386 g/mol. The first kappa shape index (κ1) is 19.7. The molecule has 0 saturated carbocycles. The Morgan fingerprint density at radius 1 is 0.964 bits per heavy atom. The van der Waals surface area contributed by atoms with E-state index in [4.69, 9.17) is 9.47 Å². The lowest BCUT2D eigenvalue weighted by Gasteiger charge is -2.05. The van der Waals surface area contributed by atoms with Crippen LogP contribution in [-0.4, -0.2) is 18.5 Å². The standard InChI is InChI=1S/C21H16F2O4S/c1-3-16(24)26-11-5-6-12-7-8-13-14-9-10-15(27-17(25)4-2)19(23)21(14)28-20(13)18(12)22/h3-4,7-10H,1-2,5-6,11H2. The van der Waals surface area contributed by atoms with Crippen LogP contribution in [0.1, 0.15) is 12.0 Å². The van der Waals surface area contributed by atoms with Gasteiger partial charge in [0.25, 0.3) is 0 Å². The lowest BCUT2D eigenvalue weighted by atomic mass is 10.1. The van der Waals surface area contributed by atoms with Crippen LogP contribution in [0.2, 0.25) is 0 Å². The number of hydrogen-bond donors (Lipinski definition) is 0. The van der Waals surface area contributed by atoms with Gasteiger partial charge in [-0.1, -0.05) is 25.3 Å². The number of halogens is 2. The molecule has 0 fully saturated rings. The minimum absolute atomic E-state index is 0.154. The van der Waals surface area contributed by atoms with Crippen molar-refractivity contribution in [2.75, 3.05) is 6.61 Å². The summed E-state index contributed by atoms with van der Waals surface area (Å²) in [5.41, 5.74) is 0.451.